The predicted molar refractivity (Wildman–Crippen MR) is 283 cm³/mol. The van der Waals surface area contributed by atoms with Gasteiger partial charge in [0, 0.05) is 67.3 Å². The van der Waals surface area contributed by atoms with Crippen LogP contribution in [0.15, 0.2) is 153 Å². The highest BCUT2D eigenvalue weighted by atomic mass is 16.3. The highest BCUT2D eigenvalue weighted by Gasteiger charge is 2.47. The van der Waals surface area contributed by atoms with E-state index in [9.17, 15) is 0 Å². The Labute approximate surface area is 394 Å². The molecule has 0 unspecified atom stereocenters. The van der Waals surface area contributed by atoms with Crippen molar-refractivity contribution in [1.82, 2.24) is 9.55 Å². The van der Waals surface area contributed by atoms with Crippen molar-refractivity contribution < 1.29 is 13.3 Å². The predicted octanol–water partition coefficient (Wildman–Crippen LogP) is 15.5. The number of rotatable bonds is 2. The largest absolute Gasteiger partial charge is 0.456 e. The molecule has 2 aliphatic rings. The zero-order valence-electron chi connectivity index (χ0n) is 39.9. The lowest BCUT2D eigenvalue weighted by Crippen LogP contribution is -2.60. The summed E-state index contributed by atoms with van der Waals surface area (Å²) in [7, 11) is 0. The van der Waals surface area contributed by atoms with Gasteiger partial charge in [-0.25, -0.2) is 4.98 Å². The van der Waals surface area contributed by atoms with E-state index in [4.69, 9.17) is 18.2 Å². The van der Waals surface area contributed by atoms with Crippen LogP contribution in [0.1, 0.15) is 79.0 Å². The quantitative estimate of drug-likeness (QED) is 0.162. The summed E-state index contributed by atoms with van der Waals surface area (Å²) in [5.74, 6) is 0.605. The van der Waals surface area contributed by atoms with Crippen LogP contribution in [0.2, 0.25) is 0 Å². The molecule has 6 nitrogen and oxygen atoms in total. The molecule has 330 valence electrons. The number of hydrogen-bond donors (Lipinski definition) is 0. The van der Waals surface area contributed by atoms with Gasteiger partial charge < -0.3 is 22.6 Å². The van der Waals surface area contributed by atoms with Crippen molar-refractivity contribution in [3.8, 4) is 28.3 Å². The maximum absolute atomic E-state index is 7.23. The summed E-state index contributed by atoms with van der Waals surface area (Å²) in [5.41, 5.74) is 20.0. The fourth-order valence-corrected chi connectivity index (χ4v) is 11.5. The van der Waals surface area contributed by atoms with Gasteiger partial charge in [-0.1, -0.05) is 129 Å². The molecule has 68 heavy (non-hydrogen) atoms. The summed E-state index contributed by atoms with van der Waals surface area (Å²) in [6.07, 6.45) is 0. The molecule has 0 aliphatic carbocycles. The number of aromatic nitrogens is 2. The van der Waals surface area contributed by atoms with Crippen LogP contribution in [0, 0.1) is 0 Å². The Bertz CT molecular complexity index is 4140. The van der Waals surface area contributed by atoms with Crippen LogP contribution < -0.4 is 15.7 Å². The maximum atomic E-state index is 7.23. The standard InChI is InChI=1S/C61H50BN3O3/c1-59(2,3)34-19-23-37(24-20-34)65-46-31-50-40(38-25-21-36(61(7,8)9)28-49(38)66-50)29-42(46)52-53-39-17-13-14-18-48(39)67-57(53)54-41-27-35(60(4,5)6)22-26-45(41)64-47-32-51-44(30-43(47)62(65)55(52)56(54)64)63-58(68-51)33-15-11-10-12-16-33/h10-32H,1-9H3. The van der Waals surface area contributed by atoms with E-state index in [0.29, 0.717) is 5.89 Å². The smallest absolute Gasteiger partial charge is 0.333 e. The minimum Gasteiger partial charge on any atom is -0.456 e. The van der Waals surface area contributed by atoms with Gasteiger partial charge in [0.25, 0.3) is 0 Å². The van der Waals surface area contributed by atoms with Gasteiger partial charge in [0.15, 0.2) is 5.58 Å². The number of para-hydroxylation sites is 1. The summed E-state index contributed by atoms with van der Waals surface area (Å²) < 4.78 is 23.4. The average Bonchev–Trinajstić information content (AvgIpc) is 4.09. The minimum absolute atomic E-state index is 0.0172. The molecule has 14 rings (SSSR count). The van der Waals surface area contributed by atoms with Crippen LogP contribution in [0.4, 0.5) is 11.4 Å². The molecule has 0 spiro atoms. The van der Waals surface area contributed by atoms with Crippen molar-refractivity contribution in [2.45, 2.75) is 78.6 Å². The van der Waals surface area contributed by atoms with E-state index in [1.807, 2.05) is 18.2 Å². The Morgan fingerprint density at radius 2 is 1.18 bits per heavy atom. The van der Waals surface area contributed by atoms with E-state index < -0.39 is 0 Å². The van der Waals surface area contributed by atoms with Crippen molar-refractivity contribution in [2.75, 3.05) is 4.81 Å². The van der Waals surface area contributed by atoms with Crippen molar-refractivity contribution in [3.63, 3.8) is 0 Å². The zero-order valence-corrected chi connectivity index (χ0v) is 39.9. The van der Waals surface area contributed by atoms with Gasteiger partial charge in [-0.05, 0) is 110 Å². The molecule has 2 aliphatic heterocycles. The van der Waals surface area contributed by atoms with Crippen LogP contribution in [-0.2, 0) is 16.2 Å². The van der Waals surface area contributed by atoms with E-state index in [1.165, 1.54) is 33.1 Å². The van der Waals surface area contributed by atoms with E-state index in [0.717, 1.165) is 105 Å². The van der Waals surface area contributed by atoms with Crippen molar-refractivity contribution >= 4 is 106 Å². The number of fused-ring (bicyclic) bond motifs is 17. The number of furan rings is 2. The number of oxazole rings is 1. The van der Waals surface area contributed by atoms with Gasteiger partial charge in [-0.15, -0.1) is 0 Å². The Morgan fingerprint density at radius 3 is 1.94 bits per heavy atom. The second-order valence-corrected chi connectivity index (χ2v) is 22.4. The van der Waals surface area contributed by atoms with E-state index in [2.05, 4.69) is 193 Å². The third-order valence-electron chi connectivity index (χ3n) is 15.1. The molecule has 0 amide bonds. The SMILES string of the molecule is CC(C)(C)c1ccc(N2B3c4cc5nc(-c6ccccc6)oc5cc4-n4c5ccc(C(C)(C)C)cc5c5c6oc7ccccc7c6c(c3c54)-c3cc4c(cc32)oc2cc(C(C)(C)C)ccc24)cc1. The first-order valence-corrected chi connectivity index (χ1v) is 24.0. The van der Waals surface area contributed by atoms with Gasteiger partial charge in [0.2, 0.25) is 5.89 Å². The summed E-state index contributed by atoms with van der Waals surface area (Å²) in [6, 6.07) is 51.1. The number of benzene rings is 8. The molecule has 7 heteroatoms. The van der Waals surface area contributed by atoms with E-state index in [-0.39, 0.29) is 23.1 Å². The number of anilines is 2. The monoisotopic (exact) mass is 883 g/mol. The van der Waals surface area contributed by atoms with Crippen molar-refractivity contribution in [1.29, 1.82) is 0 Å². The first kappa shape index (κ1) is 39.6. The normalized spacial score (nSPS) is 13.9. The molecule has 0 fully saturated rings. The summed E-state index contributed by atoms with van der Waals surface area (Å²) in [5, 5.41) is 6.75. The summed E-state index contributed by atoms with van der Waals surface area (Å²) in [6.45, 7) is 20.2. The Morgan fingerprint density at radius 1 is 0.500 bits per heavy atom. The molecule has 0 saturated carbocycles. The average molecular weight is 884 g/mol. The Balaban J connectivity index is 1.19. The molecule has 4 aromatic heterocycles. The van der Waals surface area contributed by atoms with Crippen LogP contribution in [-0.4, -0.2) is 16.4 Å². The molecule has 0 bridgehead atoms. The highest BCUT2D eigenvalue weighted by molar-refractivity contribution is 6.94. The fraction of sp³-hybridized carbons (Fsp3) is 0.197. The summed E-state index contributed by atoms with van der Waals surface area (Å²) in [4.78, 5) is 7.80. The second kappa shape index (κ2) is 13.1. The molecule has 8 aromatic carbocycles. The number of hydrogen-bond acceptors (Lipinski definition) is 5. The lowest BCUT2D eigenvalue weighted by atomic mass is 9.43. The Kier molecular flexibility index (Phi) is 7.66. The first-order valence-electron chi connectivity index (χ1n) is 24.0. The van der Waals surface area contributed by atoms with E-state index in [1.54, 1.807) is 0 Å². The minimum atomic E-state index is -0.275. The lowest BCUT2D eigenvalue weighted by molar-refractivity contribution is 0.587. The molecule has 0 atom stereocenters. The lowest BCUT2D eigenvalue weighted by Gasteiger charge is -2.42. The summed E-state index contributed by atoms with van der Waals surface area (Å²) >= 11 is 0. The molecule has 12 aromatic rings. The van der Waals surface area contributed by atoms with Crippen molar-refractivity contribution in [3.05, 3.63) is 156 Å². The maximum Gasteiger partial charge on any atom is 0.333 e. The van der Waals surface area contributed by atoms with Gasteiger partial charge >= 0.3 is 6.85 Å². The van der Waals surface area contributed by atoms with Gasteiger partial charge in [0.05, 0.1) is 16.4 Å². The molecular formula is C61H50BN3O3. The third-order valence-corrected chi connectivity index (χ3v) is 15.1. The van der Waals surface area contributed by atoms with Crippen LogP contribution in [0.25, 0.3) is 105 Å². The zero-order chi connectivity index (χ0) is 46.3. The highest BCUT2D eigenvalue weighted by Crippen LogP contribution is 2.53. The fourth-order valence-electron chi connectivity index (χ4n) is 11.5. The van der Waals surface area contributed by atoms with Crippen LogP contribution >= 0.6 is 0 Å². The number of nitrogens with zero attached hydrogens (tertiary/aromatic N) is 3. The van der Waals surface area contributed by atoms with Gasteiger partial charge in [-0.3, -0.25) is 0 Å². The van der Waals surface area contributed by atoms with Crippen LogP contribution in [0.3, 0.4) is 0 Å². The second-order valence-electron chi connectivity index (χ2n) is 22.4. The third kappa shape index (κ3) is 5.38. The molecular weight excluding hydrogens is 834 g/mol. The Hall–Kier alpha value is -7.51. The topological polar surface area (TPSA) is 60.5 Å². The molecule has 0 N–H and O–H groups in total. The molecule has 0 saturated heterocycles. The van der Waals surface area contributed by atoms with Crippen LogP contribution in [0.5, 0.6) is 0 Å². The molecule has 0 radical (unpaired) electrons. The molecule has 6 heterocycles. The first-order chi connectivity index (χ1) is 32.6. The van der Waals surface area contributed by atoms with E-state index >= 15 is 0 Å². The van der Waals surface area contributed by atoms with Gasteiger partial charge in [-0.2, -0.15) is 0 Å². The van der Waals surface area contributed by atoms with Gasteiger partial charge in [0.1, 0.15) is 27.8 Å². The van der Waals surface area contributed by atoms with Crippen molar-refractivity contribution in [2.24, 2.45) is 0 Å².